The highest BCUT2D eigenvalue weighted by atomic mass is 32.1. The summed E-state index contributed by atoms with van der Waals surface area (Å²) in [6.45, 7) is 2.01. The first-order chi connectivity index (χ1) is 4.75. The van der Waals surface area contributed by atoms with Crippen molar-refractivity contribution in [1.29, 1.82) is 0 Å². The Balaban J connectivity index is 3.14. The number of benzene rings is 1. The van der Waals surface area contributed by atoms with Gasteiger partial charge in [-0.25, -0.2) is 0 Å². The van der Waals surface area contributed by atoms with Crippen molar-refractivity contribution in [3.63, 3.8) is 0 Å². The Morgan fingerprint density at radius 1 is 1.50 bits per heavy atom. The van der Waals surface area contributed by atoms with Crippen LogP contribution in [0.2, 0.25) is 0 Å². The van der Waals surface area contributed by atoms with Crippen molar-refractivity contribution in [2.45, 2.75) is 12.7 Å². The summed E-state index contributed by atoms with van der Waals surface area (Å²) in [4.78, 5) is 0. The molecule has 0 amide bonds. The summed E-state index contributed by atoms with van der Waals surface area (Å²) in [5.41, 5.74) is 8.88. The molecule has 0 aliphatic heterocycles. The van der Waals surface area contributed by atoms with Gasteiger partial charge in [-0.15, -0.1) is 0 Å². The number of thiol groups is 1. The van der Waals surface area contributed by atoms with Crippen LogP contribution in [0.5, 0.6) is 0 Å². The van der Waals surface area contributed by atoms with Crippen molar-refractivity contribution in [3.05, 3.63) is 29.3 Å². The second kappa shape index (κ2) is 2.97. The van der Waals surface area contributed by atoms with Crippen molar-refractivity contribution in [2.75, 3.05) is 5.73 Å². The summed E-state index contributed by atoms with van der Waals surface area (Å²) in [7, 11) is 0. The van der Waals surface area contributed by atoms with Gasteiger partial charge in [-0.3, -0.25) is 0 Å². The maximum absolute atomic E-state index is 5.66. The van der Waals surface area contributed by atoms with Gasteiger partial charge in [0.1, 0.15) is 0 Å². The number of anilines is 1. The summed E-state index contributed by atoms with van der Waals surface area (Å²) >= 11 is 4.17. The fourth-order valence-electron chi connectivity index (χ4n) is 0.875. The molecule has 10 heavy (non-hydrogen) atoms. The van der Waals surface area contributed by atoms with E-state index in [-0.39, 0.29) is 0 Å². The fourth-order valence-corrected chi connectivity index (χ4v) is 1.22. The van der Waals surface area contributed by atoms with Crippen LogP contribution < -0.4 is 5.73 Å². The summed E-state index contributed by atoms with van der Waals surface area (Å²) in [5.74, 6) is 0.761. The third kappa shape index (κ3) is 1.27. The number of nitrogen functional groups attached to an aromatic ring is 1. The third-order valence-electron chi connectivity index (χ3n) is 1.66. The van der Waals surface area contributed by atoms with Crippen molar-refractivity contribution in [2.24, 2.45) is 0 Å². The van der Waals surface area contributed by atoms with Crippen LogP contribution in [0.3, 0.4) is 0 Å². The van der Waals surface area contributed by atoms with E-state index < -0.39 is 0 Å². The molecule has 0 aromatic heterocycles. The van der Waals surface area contributed by atoms with E-state index in [9.17, 15) is 0 Å². The van der Waals surface area contributed by atoms with Crippen molar-refractivity contribution < 1.29 is 0 Å². The highest BCUT2D eigenvalue weighted by Gasteiger charge is 1.96. The van der Waals surface area contributed by atoms with Gasteiger partial charge >= 0.3 is 0 Å². The molecule has 54 valence electrons. The van der Waals surface area contributed by atoms with Crippen LogP contribution in [-0.2, 0) is 5.75 Å². The predicted octanol–water partition coefficient (Wildman–Crippen LogP) is 2.01. The zero-order valence-corrected chi connectivity index (χ0v) is 6.86. The van der Waals surface area contributed by atoms with Gasteiger partial charge in [0.05, 0.1) is 0 Å². The number of rotatable bonds is 1. The largest absolute Gasteiger partial charge is 0.399 e. The molecule has 0 bridgehead atoms. The average molecular weight is 153 g/mol. The molecule has 0 aliphatic rings. The van der Waals surface area contributed by atoms with Crippen molar-refractivity contribution in [1.82, 2.24) is 0 Å². The second-order valence-electron chi connectivity index (χ2n) is 2.29. The second-order valence-corrected chi connectivity index (χ2v) is 2.61. The van der Waals surface area contributed by atoms with Crippen LogP contribution in [0.15, 0.2) is 18.2 Å². The Bertz CT molecular complexity index is 233. The molecule has 0 atom stereocenters. The summed E-state index contributed by atoms with van der Waals surface area (Å²) in [6, 6.07) is 5.90. The molecule has 1 nitrogen and oxygen atoms in total. The van der Waals surface area contributed by atoms with Gasteiger partial charge in [0, 0.05) is 11.4 Å². The van der Waals surface area contributed by atoms with Crippen molar-refractivity contribution >= 4 is 18.3 Å². The lowest BCUT2D eigenvalue weighted by Crippen LogP contribution is -1.92. The molecule has 0 heterocycles. The molecule has 0 aliphatic carbocycles. The molecule has 1 aromatic rings. The maximum Gasteiger partial charge on any atom is 0.0346 e. The Kier molecular flexibility index (Phi) is 2.22. The van der Waals surface area contributed by atoms with Crippen molar-refractivity contribution in [3.8, 4) is 0 Å². The van der Waals surface area contributed by atoms with Crippen LogP contribution in [-0.4, -0.2) is 0 Å². The average Bonchev–Trinajstić information content (AvgIpc) is 1.95. The monoisotopic (exact) mass is 153 g/mol. The lowest BCUT2D eigenvalue weighted by molar-refractivity contribution is 1.32. The van der Waals surface area contributed by atoms with Crippen LogP contribution >= 0.6 is 12.6 Å². The van der Waals surface area contributed by atoms with Gasteiger partial charge in [-0.05, 0) is 24.1 Å². The minimum atomic E-state index is 0.761. The molecule has 0 saturated carbocycles. The van der Waals surface area contributed by atoms with E-state index >= 15 is 0 Å². The van der Waals surface area contributed by atoms with Crippen LogP contribution in [0.1, 0.15) is 11.1 Å². The Hall–Kier alpha value is -0.630. The standard InChI is InChI=1S/C8H11NS/c1-6-7(5-10)3-2-4-8(6)9/h2-4,10H,5,9H2,1H3. The molecule has 0 radical (unpaired) electrons. The van der Waals surface area contributed by atoms with E-state index in [0.717, 1.165) is 17.0 Å². The molecule has 0 unspecified atom stereocenters. The maximum atomic E-state index is 5.66. The third-order valence-corrected chi connectivity index (χ3v) is 2.00. The van der Waals surface area contributed by atoms with Crippen LogP contribution in [0, 0.1) is 6.92 Å². The zero-order valence-electron chi connectivity index (χ0n) is 5.96. The number of hydrogen-bond donors (Lipinski definition) is 2. The first-order valence-electron chi connectivity index (χ1n) is 3.20. The lowest BCUT2D eigenvalue weighted by Gasteiger charge is -2.03. The van der Waals surface area contributed by atoms with Crippen LogP contribution in [0.4, 0.5) is 5.69 Å². The Labute approximate surface area is 66.7 Å². The first-order valence-corrected chi connectivity index (χ1v) is 3.83. The Morgan fingerprint density at radius 2 is 2.20 bits per heavy atom. The molecular weight excluding hydrogens is 142 g/mol. The molecule has 2 heteroatoms. The molecule has 0 saturated heterocycles. The van der Waals surface area contributed by atoms with Gasteiger partial charge in [0.25, 0.3) is 0 Å². The predicted molar refractivity (Wildman–Crippen MR) is 48.3 cm³/mol. The fraction of sp³-hybridized carbons (Fsp3) is 0.250. The van der Waals surface area contributed by atoms with Gasteiger partial charge in [0.2, 0.25) is 0 Å². The SMILES string of the molecule is Cc1c(N)cccc1CS. The molecule has 0 spiro atoms. The van der Waals surface area contributed by atoms with E-state index in [1.807, 2.05) is 25.1 Å². The smallest absolute Gasteiger partial charge is 0.0346 e. The molecule has 2 N–H and O–H groups in total. The number of hydrogen-bond acceptors (Lipinski definition) is 2. The van der Waals surface area contributed by atoms with Gasteiger partial charge in [0.15, 0.2) is 0 Å². The highest BCUT2D eigenvalue weighted by molar-refractivity contribution is 7.79. The van der Waals surface area contributed by atoms with E-state index in [1.165, 1.54) is 5.56 Å². The first kappa shape index (κ1) is 7.48. The summed E-state index contributed by atoms with van der Waals surface area (Å²) in [6.07, 6.45) is 0. The topological polar surface area (TPSA) is 26.0 Å². The molecule has 0 fully saturated rings. The normalized spacial score (nSPS) is 9.80. The Morgan fingerprint density at radius 3 is 2.70 bits per heavy atom. The lowest BCUT2D eigenvalue weighted by atomic mass is 10.1. The minimum Gasteiger partial charge on any atom is -0.399 e. The summed E-state index contributed by atoms with van der Waals surface area (Å²) in [5, 5.41) is 0. The molecule has 1 rings (SSSR count). The van der Waals surface area contributed by atoms with Gasteiger partial charge in [-0.2, -0.15) is 12.6 Å². The molecule has 1 aromatic carbocycles. The van der Waals surface area contributed by atoms with E-state index in [0.29, 0.717) is 0 Å². The van der Waals surface area contributed by atoms with Crippen LogP contribution in [0.25, 0.3) is 0 Å². The van der Waals surface area contributed by atoms with E-state index in [1.54, 1.807) is 0 Å². The quantitative estimate of drug-likeness (QED) is 0.468. The minimum absolute atomic E-state index is 0.761. The summed E-state index contributed by atoms with van der Waals surface area (Å²) < 4.78 is 0. The van der Waals surface area contributed by atoms with Gasteiger partial charge < -0.3 is 5.73 Å². The van der Waals surface area contributed by atoms with Gasteiger partial charge in [-0.1, -0.05) is 12.1 Å². The van der Waals surface area contributed by atoms with E-state index in [2.05, 4.69) is 12.6 Å². The number of nitrogens with two attached hydrogens (primary N) is 1. The highest BCUT2D eigenvalue weighted by Crippen LogP contribution is 2.16. The molecular formula is C8H11NS. The zero-order chi connectivity index (χ0) is 7.56. The van der Waals surface area contributed by atoms with E-state index in [4.69, 9.17) is 5.73 Å².